The minimum Gasteiger partial charge on any atom is -0.454 e. The molecule has 3 heteroatoms. The van der Waals surface area contributed by atoms with E-state index in [1.807, 2.05) is 25.1 Å². The Hall–Kier alpha value is -1.22. The molecule has 1 aromatic carbocycles. The van der Waals surface area contributed by atoms with E-state index in [9.17, 15) is 0 Å². The SMILES string of the molecule is [2H]C([2H])C([2H])([2H])NC(C)Cc1ccc2c(c1)OCO2. The maximum atomic E-state index is 7.54. The highest BCUT2D eigenvalue weighted by atomic mass is 16.7. The predicted molar refractivity (Wildman–Crippen MR) is 59.4 cm³/mol. The summed E-state index contributed by atoms with van der Waals surface area (Å²) < 4.78 is 39.9. The van der Waals surface area contributed by atoms with Gasteiger partial charge in [0.2, 0.25) is 6.79 Å². The summed E-state index contributed by atoms with van der Waals surface area (Å²) in [6.45, 7) is -1.53. The van der Waals surface area contributed by atoms with Gasteiger partial charge in [-0.2, -0.15) is 0 Å². The molecule has 1 N–H and O–H groups in total. The van der Waals surface area contributed by atoms with Crippen LogP contribution < -0.4 is 14.8 Å². The Balaban J connectivity index is 1.97. The van der Waals surface area contributed by atoms with Gasteiger partial charge in [-0.1, -0.05) is 12.9 Å². The zero-order valence-corrected chi connectivity index (χ0v) is 8.62. The van der Waals surface area contributed by atoms with Crippen LogP contribution in [-0.2, 0) is 6.42 Å². The summed E-state index contributed by atoms with van der Waals surface area (Å²) in [6, 6.07) is 5.42. The Morgan fingerprint density at radius 3 is 3.27 bits per heavy atom. The van der Waals surface area contributed by atoms with Crippen LogP contribution in [0.3, 0.4) is 0 Å². The van der Waals surface area contributed by atoms with Crippen LogP contribution in [0.5, 0.6) is 11.5 Å². The third kappa shape index (κ3) is 2.42. The molecular formula is C12H17NO2. The molecule has 1 aliphatic heterocycles. The van der Waals surface area contributed by atoms with Gasteiger partial charge in [0.15, 0.2) is 11.5 Å². The minimum absolute atomic E-state index is 0.187. The van der Waals surface area contributed by atoms with E-state index in [-0.39, 0.29) is 12.8 Å². The molecule has 0 amide bonds. The van der Waals surface area contributed by atoms with Gasteiger partial charge in [0.25, 0.3) is 0 Å². The highest BCUT2D eigenvalue weighted by molar-refractivity contribution is 5.44. The molecule has 0 spiro atoms. The van der Waals surface area contributed by atoms with E-state index in [4.69, 9.17) is 15.0 Å². The smallest absolute Gasteiger partial charge is 0.231 e. The Labute approximate surface area is 96.0 Å². The molecule has 82 valence electrons. The highest BCUT2D eigenvalue weighted by Gasteiger charge is 2.13. The molecule has 1 heterocycles. The summed E-state index contributed by atoms with van der Waals surface area (Å²) in [5.74, 6) is 1.42. The summed E-state index contributed by atoms with van der Waals surface area (Å²) in [4.78, 5) is 0. The summed E-state index contributed by atoms with van der Waals surface area (Å²) in [7, 11) is 0. The first-order valence-corrected chi connectivity index (χ1v) is 4.89. The van der Waals surface area contributed by atoms with Crippen LogP contribution in [0.4, 0.5) is 0 Å². The number of hydrogen-bond donors (Lipinski definition) is 1. The molecule has 15 heavy (non-hydrogen) atoms. The van der Waals surface area contributed by atoms with Gasteiger partial charge < -0.3 is 14.8 Å². The van der Waals surface area contributed by atoms with Crippen molar-refractivity contribution in [2.24, 2.45) is 0 Å². The van der Waals surface area contributed by atoms with E-state index in [0.29, 0.717) is 12.2 Å². The van der Waals surface area contributed by atoms with E-state index in [1.54, 1.807) is 0 Å². The van der Waals surface area contributed by atoms with Crippen molar-refractivity contribution in [1.29, 1.82) is 0 Å². The lowest BCUT2D eigenvalue weighted by Crippen LogP contribution is -2.27. The summed E-state index contributed by atoms with van der Waals surface area (Å²) in [5.41, 5.74) is 0.992. The summed E-state index contributed by atoms with van der Waals surface area (Å²) in [5, 5.41) is 2.66. The number of ether oxygens (including phenoxy) is 2. The number of hydrogen-bond acceptors (Lipinski definition) is 3. The van der Waals surface area contributed by atoms with Crippen molar-refractivity contribution < 1.29 is 15.0 Å². The highest BCUT2D eigenvalue weighted by Crippen LogP contribution is 2.32. The van der Waals surface area contributed by atoms with Crippen molar-refractivity contribution in [1.82, 2.24) is 5.32 Å². The fourth-order valence-electron chi connectivity index (χ4n) is 1.61. The standard InChI is InChI=1S/C12H17NO2/c1-3-13-9(2)6-10-4-5-11-12(7-10)15-8-14-11/h4-5,7,9,13H,3,6,8H2,1-2H3/i1D2,3D2. The van der Waals surface area contributed by atoms with Crippen molar-refractivity contribution in [3.8, 4) is 11.5 Å². The average molecular weight is 211 g/mol. The van der Waals surface area contributed by atoms with Crippen LogP contribution >= 0.6 is 0 Å². The number of rotatable bonds is 4. The molecule has 1 unspecified atom stereocenters. The Morgan fingerprint density at radius 2 is 2.40 bits per heavy atom. The van der Waals surface area contributed by atoms with Crippen molar-refractivity contribution in [3.05, 3.63) is 23.8 Å². The maximum Gasteiger partial charge on any atom is 0.231 e. The zero-order chi connectivity index (χ0) is 14.0. The molecule has 0 radical (unpaired) electrons. The predicted octanol–water partition coefficient (Wildman–Crippen LogP) is 1.96. The molecule has 0 aromatic heterocycles. The monoisotopic (exact) mass is 211 g/mol. The molecule has 0 fully saturated rings. The number of benzene rings is 1. The average Bonchev–Trinajstić information content (AvgIpc) is 2.74. The molecule has 0 saturated heterocycles. The van der Waals surface area contributed by atoms with E-state index >= 15 is 0 Å². The van der Waals surface area contributed by atoms with Crippen LogP contribution in [0.25, 0.3) is 0 Å². The second-order valence-electron chi connectivity index (χ2n) is 3.58. The second kappa shape index (κ2) is 4.53. The Morgan fingerprint density at radius 1 is 1.53 bits per heavy atom. The maximum absolute atomic E-state index is 7.54. The van der Waals surface area contributed by atoms with E-state index in [2.05, 4.69) is 5.32 Å². The number of fused-ring (bicyclic) bond motifs is 1. The van der Waals surface area contributed by atoms with Crippen molar-refractivity contribution >= 4 is 0 Å². The summed E-state index contributed by atoms with van der Waals surface area (Å²) >= 11 is 0. The van der Waals surface area contributed by atoms with Gasteiger partial charge in [-0.05, 0) is 37.5 Å². The Kier molecular flexibility index (Phi) is 1.93. The fraction of sp³-hybridized carbons (Fsp3) is 0.500. The van der Waals surface area contributed by atoms with Gasteiger partial charge in [0, 0.05) is 11.5 Å². The second-order valence-corrected chi connectivity index (χ2v) is 3.58. The first kappa shape index (κ1) is 6.38. The quantitative estimate of drug-likeness (QED) is 0.825. The zero-order valence-electron chi connectivity index (χ0n) is 12.6. The molecule has 0 aliphatic carbocycles. The molecule has 0 bridgehead atoms. The lowest BCUT2D eigenvalue weighted by molar-refractivity contribution is 0.174. The largest absolute Gasteiger partial charge is 0.454 e. The van der Waals surface area contributed by atoms with Crippen LogP contribution in [0.2, 0.25) is 0 Å². The minimum atomic E-state index is -2.02. The normalized spacial score (nSPS) is 20.4. The summed E-state index contributed by atoms with van der Waals surface area (Å²) in [6.07, 6.45) is 0.586. The molecule has 1 aromatic rings. The molecule has 3 nitrogen and oxygen atoms in total. The molecule has 0 saturated carbocycles. The molecule has 1 atom stereocenters. The van der Waals surface area contributed by atoms with Crippen LogP contribution in [0, 0.1) is 0 Å². The van der Waals surface area contributed by atoms with E-state index < -0.39 is 13.4 Å². The third-order valence-corrected chi connectivity index (χ3v) is 2.31. The molecular weight excluding hydrogens is 190 g/mol. The van der Waals surface area contributed by atoms with Crippen LogP contribution in [0.15, 0.2) is 18.2 Å². The molecule has 1 aliphatic rings. The lowest BCUT2D eigenvalue weighted by Gasteiger charge is -2.12. The van der Waals surface area contributed by atoms with Crippen LogP contribution in [0.1, 0.15) is 24.8 Å². The number of likely N-dealkylation sites (N-methyl/N-ethyl adjacent to an activating group) is 1. The topological polar surface area (TPSA) is 30.5 Å². The van der Waals surface area contributed by atoms with Crippen molar-refractivity contribution in [2.45, 2.75) is 26.3 Å². The lowest BCUT2D eigenvalue weighted by atomic mass is 10.1. The first-order valence-electron chi connectivity index (χ1n) is 7.04. The van der Waals surface area contributed by atoms with E-state index in [0.717, 1.165) is 11.3 Å². The third-order valence-electron chi connectivity index (χ3n) is 2.31. The van der Waals surface area contributed by atoms with Gasteiger partial charge in [0.1, 0.15) is 0 Å². The van der Waals surface area contributed by atoms with Crippen LogP contribution in [-0.4, -0.2) is 19.3 Å². The van der Waals surface area contributed by atoms with Crippen molar-refractivity contribution in [2.75, 3.05) is 13.3 Å². The number of nitrogens with one attached hydrogen (secondary N) is 1. The Bertz CT molecular complexity index is 453. The van der Waals surface area contributed by atoms with E-state index in [1.165, 1.54) is 0 Å². The van der Waals surface area contributed by atoms with Gasteiger partial charge in [-0.15, -0.1) is 0 Å². The van der Waals surface area contributed by atoms with Gasteiger partial charge >= 0.3 is 0 Å². The molecule has 2 rings (SSSR count). The van der Waals surface area contributed by atoms with Gasteiger partial charge in [0.05, 0.1) is 0 Å². The van der Waals surface area contributed by atoms with Gasteiger partial charge in [-0.3, -0.25) is 0 Å². The fourth-order valence-corrected chi connectivity index (χ4v) is 1.61. The van der Waals surface area contributed by atoms with Gasteiger partial charge in [-0.25, -0.2) is 0 Å². The first-order chi connectivity index (χ1) is 8.88. The van der Waals surface area contributed by atoms with Crippen molar-refractivity contribution in [3.63, 3.8) is 0 Å².